The Hall–Kier alpha value is -3.98. The molecule has 0 saturated carbocycles. The van der Waals surface area contributed by atoms with Crippen molar-refractivity contribution >= 4 is 11.6 Å². The van der Waals surface area contributed by atoms with Crippen LogP contribution in [0.15, 0.2) is 66.9 Å². The van der Waals surface area contributed by atoms with Crippen LogP contribution in [0.25, 0.3) is 11.1 Å². The fraction of sp³-hybridized carbons (Fsp3) is 0.303. The highest BCUT2D eigenvalue weighted by Crippen LogP contribution is 2.37. The third-order valence-electron chi connectivity index (χ3n) is 7.11. The molecule has 2 heterocycles. The molecule has 1 aliphatic rings. The largest absolute Gasteiger partial charge is 0.488 e. The van der Waals surface area contributed by atoms with Gasteiger partial charge in [-0.2, -0.15) is 0 Å². The van der Waals surface area contributed by atoms with Crippen LogP contribution in [0.4, 0.5) is 0 Å². The summed E-state index contributed by atoms with van der Waals surface area (Å²) >= 11 is 6.70. The maximum absolute atomic E-state index is 9.46. The molecule has 5 rings (SSSR count). The SMILES string of the molecule is COc1cc(COc2cc(OCc3cccc(-c4ccc5c(c4)OCCO5)c3C)c(Cl)cc2CNC(C)CO)ccn1. The van der Waals surface area contributed by atoms with E-state index in [1.807, 2.05) is 61.5 Å². The van der Waals surface area contributed by atoms with E-state index in [2.05, 4.69) is 23.3 Å². The van der Waals surface area contributed by atoms with E-state index in [1.54, 1.807) is 13.3 Å². The van der Waals surface area contributed by atoms with E-state index in [-0.39, 0.29) is 12.6 Å². The molecule has 0 saturated heterocycles. The van der Waals surface area contributed by atoms with Gasteiger partial charge in [0.05, 0.1) is 18.7 Å². The van der Waals surface area contributed by atoms with Crippen molar-refractivity contribution in [3.8, 4) is 40.0 Å². The normalized spacial score (nSPS) is 13.0. The lowest BCUT2D eigenvalue weighted by Gasteiger charge is -2.20. The molecule has 0 radical (unpaired) electrons. The van der Waals surface area contributed by atoms with Gasteiger partial charge in [0, 0.05) is 36.5 Å². The molecule has 0 spiro atoms. The van der Waals surface area contributed by atoms with Crippen LogP contribution in [0.1, 0.15) is 29.2 Å². The van der Waals surface area contributed by atoms with Gasteiger partial charge in [-0.3, -0.25) is 0 Å². The van der Waals surface area contributed by atoms with Crippen molar-refractivity contribution in [2.75, 3.05) is 26.9 Å². The van der Waals surface area contributed by atoms with Crippen molar-refractivity contribution in [2.45, 2.75) is 39.6 Å². The predicted octanol–water partition coefficient (Wildman–Crippen LogP) is 6.12. The Labute approximate surface area is 251 Å². The van der Waals surface area contributed by atoms with Gasteiger partial charge < -0.3 is 34.1 Å². The summed E-state index contributed by atoms with van der Waals surface area (Å²) in [5, 5.41) is 13.2. The molecule has 8 nitrogen and oxygen atoms in total. The van der Waals surface area contributed by atoms with E-state index >= 15 is 0 Å². The molecular formula is C33H35ClN2O6. The Morgan fingerprint density at radius 2 is 1.76 bits per heavy atom. The van der Waals surface area contributed by atoms with Crippen LogP contribution in [0.3, 0.4) is 0 Å². The average molecular weight is 591 g/mol. The van der Waals surface area contributed by atoms with Crippen LogP contribution in [-0.4, -0.2) is 43.1 Å². The van der Waals surface area contributed by atoms with Gasteiger partial charge in [0.15, 0.2) is 11.5 Å². The van der Waals surface area contributed by atoms with Crippen molar-refractivity contribution in [1.82, 2.24) is 10.3 Å². The second kappa shape index (κ2) is 13.8. The lowest BCUT2D eigenvalue weighted by Crippen LogP contribution is -2.28. The van der Waals surface area contributed by atoms with Crippen molar-refractivity contribution in [3.63, 3.8) is 0 Å². The number of methoxy groups -OCH3 is 1. The minimum absolute atomic E-state index is 0.0204. The molecule has 1 atom stereocenters. The second-order valence-corrected chi connectivity index (χ2v) is 10.5. The van der Waals surface area contributed by atoms with Gasteiger partial charge in [-0.05, 0) is 65.9 Å². The van der Waals surface area contributed by atoms with E-state index in [0.29, 0.717) is 55.4 Å². The average Bonchev–Trinajstić information content (AvgIpc) is 3.02. The number of nitrogens with one attached hydrogen (secondary N) is 1. The quantitative estimate of drug-likeness (QED) is 0.204. The lowest BCUT2D eigenvalue weighted by atomic mass is 9.96. The monoisotopic (exact) mass is 590 g/mol. The Morgan fingerprint density at radius 1 is 0.952 bits per heavy atom. The molecule has 9 heteroatoms. The molecule has 3 aromatic carbocycles. The van der Waals surface area contributed by atoms with Gasteiger partial charge in [0.2, 0.25) is 5.88 Å². The third-order valence-corrected chi connectivity index (χ3v) is 7.41. The first-order valence-corrected chi connectivity index (χ1v) is 14.2. The van der Waals surface area contributed by atoms with Gasteiger partial charge in [-0.15, -0.1) is 0 Å². The predicted molar refractivity (Wildman–Crippen MR) is 162 cm³/mol. The molecule has 0 fully saturated rings. The van der Waals surface area contributed by atoms with Gasteiger partial charge in [-0.1, -0.05) is 35.9 Å². The van der Waals surface area contributed by atoms with E-state index < -0.39 is 0 Å². The van der Waals surface area contributed by atoms with Gasteiger partial charge >= 0.3 is 0 Å². The fourth-order valence-corrected chi connectivity index (χ4v) is 4.88. The zero-order chi connectivity index (χ0) is 29.5. The summed E-state index contributed by atoms with van der Waals surface area (Å²) in [5.74, 6) is 3.19. The number of hydrogen-bond acceptors (Lipinski definition) is 8. The summed E-state index contributed by atoms with van der Waals surface area (Å²) < 4.78 is 29.2. The molecule has 1 aliphatic heterocycles. The summed E-state index contributed by atoms with van der Waals surface area (Å²) in [7, 11) is 1.58. The van der Waals surface area contributed by atoms with Gasteiger partial charge in [0.25, 0.3) is 0 Å². The number of fused-ring (bicyclic) bond motifs is 1. The number of rotatable bonds is 12. The number of aromatic nitrogens is 1. The zero-order valence-electron chi connectivity index (χ0n) is 24.0. The highest BCUT2D eigenvalue weighted by atomic mass is 35.5. The summed E-state index contributed by atoms with van der Waals surface area (Å²) in [5.41, 5.74) is 6.04. The first-order chi connectivity index (χ1) is 20.4. The summed E-state index contributed by atoms with van der Waals surface area (Å²) in [6, 6.07) is 19.5. The molecule has 220 valence electrons. The van der Waals surface area contributed by atoms with Crippen molar-refractivity contribution < 1.29 is 28.8 Å². The Bertz CT molecular complexity index is 1530. The summed E-state index contributed by atoms with van der Waals surface area (Å²) in [6.45, 7) is 6.21. The number of pyridine rings is 1. The number of halogens is 1. The third kappa shape index (κ3) is 7.07. The first-order valence-electron chi connectivity index (χ1n) is 13.8. The first kappa shape index (κ1) is 29.5. The van der Waals surface area contributed by atoms with Crippen LogP contribution >= 0.6 is 11.6 Å². The van der Waals surface area contributed by atoms with Crippen molar-refractivity contribution in [2.24, 2.45) is 0 Å². The van der Waals surface area contributed by atoms with Gasteiger partial charge in [-0.25, -0.2) is 4.98 Å². The lowest BCUT2D eigenvalue weighted by molar-refractivity contribution is 0.171. The zero-order valence-corrected chi connectivity index (χ0v) is 24.7. The standard InChI is InChI=1S/C33H35ClN2O6/c1-21(18-37)36-17-26-14-28(34)31(16-30(26)41-19-23-9-10-35-33(13-23)38-3)42-20-25-5-4-6-27(22(25)2)24-7-8-29-32(15-24)40-12-11-39-29/h4-10,13-16,21,36-37H,11-12,17-20H2,1-3H3. The van der Waals surface area contributed by atoms with Crippen molar-refractivity contribution in [3.05, 3.63) is 94.1 Å². The highest BCUT2D eigenvalue weighted by Gasteiger charge is 2.16. The van der Waals surface area contributed by atoms with Crippen LogP contribution in [0.5, 0.6) is 28.9 Å². The molecule has 0 bridgehead atoms. The molecule has 0 amide bonds. The van der Waals surface area contributed by atoms with Crippen LogP contribution < -0.4 is 29.0 Å². The van der Waals surface area contributed by atoms with Crippen LogP contribution in [0, 0.1) is 6.92 Å². The topological polar surface area (TPSA) is 91.3 Å². The minimum Gasteiger partial charge on any atom is -0.488 e. The maximum Gasteiger partial charge on any atom is 0.213 e. The number of benzene rings is 3. The maximum atomic E-state index is 9.46. The Balaban J connectivity index is 1.36. The summed E-state index contributed by atoms with van der Waals surface area (Å²) in [4.78, 5) is 4.16. The fourth-order valence-electron chi connectivity index (χ4n) is 4.64. The number of hydrogen-bond donors (Lipinski definition) is 2. The van der Waals surface area contributed by atoms with E-state index in [1.165, 1.54) is 0 Å². The smallest absolute Gasteiger partial charge is 0.213 e. The minimum atomic E-state index is -0.0820. The molecule has 1 unspecified atom stereocenters. The van der Waals surface area contributed by atoms with Crippen LogP contribution in [0.2, 0.25) is 5.02 Å². The Kier molecular flexibility index (Phi) is 9.69. The number of aliphatic hydroxyl groups excluding tert-OH is 1. The van der Waals surface area contributed by atoms with E-state index in [9.17, 15) is 5.11 Å². The molecule has 4 aromatic rings. The highest BCUT2D eigenvalue weighted by molar-refractivity contribution is 6.32. The summed E-state index contributed by atoms with van der Waals surface area (Å²) in [6.07, 6.45) is 1.68. The molecular weight excluding hydrogens is 556 g/mol. The number of aliphatic hydroxyl groups is 1. The van der Waals surface area contributed by atoms with Crippen molar-refractivity contribution in [1.29, 1.82) is 0 Å². The molecule has 0 aliphatic carbocycles. The number of nitrogens with zero attached hydrogens (tertiary/aromatic N) is 1. The number of ether oxygens (including phenoxy) is 5. The van der Waals surface area contributed by atoms with Gasteiger partial charge in [0.1, 0.15) is 37.9 Å². The van der Waals surface area contributed by atoms with Crippen LogP contribution in [-0.2, 0) is 19.8 Å². The van der Waals surface area contributed by atoms with E-state index in [4.69, 9.17) is 35.3 Å². The molecule has 1 aromatic heterocycles. The van der Waals surface area contributed by atoms with E-state index in [0.717, 1.165) is 44.9 Å². The second-order valence-electron chi connectivity index (χ2n) is 10.1. The molecule has 42 heavy (non-hydrogen) atoms. The Morgan fingerprint density at radius 3 is 2.57 bits per heavy atom. The molecule has 2 N–H and O–H groups in total.